The number of hydrogen-bond acceptors (Lipinski definition) is 1. The van der Waals surface area contributed by atoms with Crippen LogP contribution in [0.15, 0.2) is 45.3 Å². The van der Waals surface area contributed by atoms with Gasteiger partial charge in [-0.1, -0.05) is 59.9 Å². The summed E-state index contributed by atoms with van der Waals surface area (Å²) in [6.45, 7) is 4.76. The molecule has 0 saturated carbocycles. The minimum atomic E-state index is 0.143. The van der Waals surface area contributed by atoms with Crippen LogP contribution in [0.3, 0.4) is 0 Å². The third-order valence-corrected chi connectivity index (χ3v) is 5.60. The van der Waals surface area contributed by atoms with Gasteiger partial charge >= 0.3 is 0 Å². The fourth-order valence-corrected chi connectivity index (χ4v) is 3.97. The molecule has 0 N–H and O–H groups in total. The SMILES string of the molecule is CCOc1ccc(C(Br)c2cc(Br)c(C)cc2Br)cc1. The van der Waals surface area contributed by atoms with Crippen LogP contribution in [0.25, 0.3) is 0 Å². The van der Waals surface area contributed by atoms with E-state index in [2.05, 4.69) is 79.0 Å². The highest BCUT2D eigenvalue weighted by molar-refractivity contribution is 9.11. The van der Waals surface area contributed by atoms with Gasteiger partial charge in [0.05, 0.1) is 11.4 Å². The number of benzene rings is 2. The van der Waals surface area contributed by atoms with Crippen molar-refractivity contribution in [1.29, 1.82) is 0 Å². The summed E-state index contributed by atoms with van der Waals surface area (Å²) in [5, 5.41) is 0. The molecule has 0 spiro atoms. The first kappa shape index (κ1) is 16.1. The molecule has 0 saturated heterocycles. The molecule has 20 heavy (non-hydrogen) atoms. The first-order valence-corrected chi connectivity index (χ1v) is 8.85. The lowest BCUT2D eigenvalue weighted by atomic mass is 10.0. The molecule has 4 heteroatoms. The van der Waals surface area contributed by atoms with Crippen LogP contribution >= 0.6 is 47.8 Å². The van der Waals surface area contributed by atoms with Crippen LogP contribution in [0.1, 0.15) is 28.4 Å². The summed E-state index contributed by atoms with van der Waals surface area (Å²) < 4.78 is 7.70. The van der Waals surface area contributed by atoms with E-state index < -0.39 is 0 Å². The quantitative estimate of drug-likeness (QED) is 0.477. The van der Waals surface area contributed by atoms with Crippen LogP contribution in [0.5, 0.6) is 5.75 Å². The molecule has 0 aliphatic heterocycles. The van der Waals surface area contributed by atoms with Crippen LogP contribution in [-0.2, 0) is 0 Å². The van der Waals surface area contributed by atoms with E-state index in [-0.39, 0.29) is 4.83 Å². The van der Waals surface area contributed by atoms with Crippen molar-refractivity contribution in [2.24, 2.45) is 0 Å². The zero-order valence-electron chi connectivity index (χ0n) is 11.3. The molecule has 0 radical (unpaired) electrons. The van der Waals surface area contributed by atoms with E-state index >= 15 is 0 Å². The molecule has 1 atom stereocenters. The minimum absolute atomic E-state index is 0.143. The van der Waals surface area contributed by atoms with E-state index in [1.165, 1.54) is 16.7 Å². The third kappa shape index (κ3) is 3.66. The molecular weight excluding hydrogens is 448 g/mol. The lowest BCUT2D eigenvalue weighted by Gasteiger charge is -2.15. The molecule has 1 unspecified atom stereocenters. The van der Waals surface area contributed by atoms with Crippen molar-refractivity contribution in [2.45, 2.75) is 18.7 Å². The molecule has 0 heterocycles. The van der Waals surface area contributed by atoms with Gasteiger partial charge in [0.1, 0.15) is 5.75 Å². The van der Waals surface area contributed by atoms with E-state index in [0.29, 0.717) is 6.61 Å². The average Bonchev–Trinajstić information content (AvgIpc) is 2.43. The number of hydrogen-bond donors (Lipinski definition) is 0. The molecule has 0 fully saturated rings. The van der Waals surface area contributed by atoms with Crippen molar-refractivity contribution in [3.8, 4) is 5.75 Å². The van der Waals surface area contributed by atoms with E-state index in [4.69, 9.17) is 4.74 Å². The largest absolute Gasteiger partial charge is 0.494 e. The summed E-state index contributed by atoms with van der Waals surface area (Å²) >= 11 is 11.0. The average molecular weight is 463 g/mol. The third-order valence-electron chi connectivity index (χ3n) is 3.03. The van der Waals surface area contributed by atoms with Gasteiger partial charge in [-0.25, -0.2) is 0 Å². The Labute approximate surface area is 145 Å². The van der Waals surface area contributed by atoms with Gasteiger partial charge in [-0.15, -0.1) is 0 Å². The van der Waals surface area contributed by atoms with Gasteiger partial charge in [-0.05, 0) is 54.8 Å². The first-order chi connectivity index (χ1) is 9.52. The molecule has 106 valence electrons. The molecule has 2 aromatic carbocycles. The maximum atomic E-state index is 5.47. The van der Waals surface area contributed by atoms with E-state index in [0.717, 1.165) is 14.7 Å². The molecular formula is C16H15Br3O. The highest BCUT2D eigenvalue weighted by Crippen LogP contribution is 2.38. The zero-order chi connectivity index (χ0) is 14.7. The van der Waals surface area contributed by atoms with Crippen LogP contribution in [0, 0.1) is 6.92 Å². The Bertz CT molecular complexity index is 593. The van der Waals surface area contributed by atoms with Crippen molar-refractivity contribution < 1.29 is 4.74 Å². The van der Waals surface area contributed by atoms with Crippen LogP contribution in [0.2, 0.25) is 0 Å². The van der Waals surface area contributed by atoms with E-state index in [1.54, 1.807) is 0 Å². The topological polar surface area (TPSA) is 9.23 Å². The lowest BCUT2D eigenvalue weighted by molar-refractivity contribution is 0.340. The molecule has 0 aliphatic rings. The monoisotopic (exact) mass is 460 g/mol. The van der Waals surface area contributed by atoms with Gasteiger partial charge in [0.15, 0.2) is 0 Å². The summed E-state index contributed by atoms with van der Waals surface area (Å²) in [6, 6.07) is 12.5. The van der Waals surface area contributed by atoms with E-state index in [1.807, 2.05) is 19.1 Å². The summed E-state index contributed by atoms with van der Waals surface area (Å²) in [5.74, 6) is 0.903. The van der Waals surface area contributed by atoms with Crippen molar-refractivity contribution in [1.82, 2.24) is 0 Å². The predicted molar refractivity (Wildman–Crippen MR) is 95.0 cm³/mol. The molecule has 2 aromatic rings. The Balaban J connectivity index is 2.31. The molecule has 0 amide bonds. The fourth-order valence-electron chi connectivity index (χ4n) is 1.94. The Hall–Kier alpha value is -0.320. The summed E-state index contributed by atoms with van der Waals surface area (Å²) in [5.41, 5.74) is 3.61. The molecule has 0 aromatic heterocycles. The Morgan fingerprint density at radius 2 is 1.70 bits per heavy atom. The highest BCUT2D eigenvalue weighted by Gasteiger charge is 2.15. The highest BCUT2D eigenvalue weighted by atomic mass is 79.9. The van der Waals surface area contributed by atoms with Crippen molar-refractivity contribution in [2.75, 3.05) is 6.61 Å². The van der Waals surface area contributed by atoms with Gasteiger partial charge in [0.25, 0.3) is 0 Å². The van der Waals surface area contributed by atoms with Crippen molar-refractivity contribution in [3.05, 3.63) is 62.0 Å². The number of ether oxygens (including phenoxy) is 1. The second-order valence-electron chi connectivity index (χ2n) is 4.49. The van der Waals surface area contributed by atoms with Gasteiger partial charge in [-0.3, -0.25) is 0 Å². The second-order valence-corrected chi connectivity index (χ2v) is 7.11. The van der Waals surface area contributed by atoms with Gasteiger partial charge in [0.2, 0.25) is 0 Å². The van der Waals surface area contributed by atoms with Crippen LogP contribution in [0.4, 0.5) is 0 Å². The smallest absolute Gasteiger partial charge is 0.119 e. The summed E-state index contributed by atoms with van der Waals surface area (Å²) in [7, 11) is 0. The maximum Gasteiger partial charge on any atom is 0.119 e. The number of halogens is 3. The number of rotatable bonds is 4. The fraction of sp³-hybridized carbons (Fsp3) is 0.250. The van der Waals surface area contributed by atoms with Crippen molar-refractivity contribution >= 4 is 47.8 Å². The molecule has 1 nitrogen and oxygen atoms in total. The maximum absolute atomic E-state index is 5.47. The minimum Gasteiger partial charge on any atom is -0.494 e. The summed E-state index contributed by atoms with van der Waals surface area (Å²) in [4.78, 5) is 0.143. The zero-order valence-corrected chi connectivity index (χ0v) is 16.0. The molecule has 0 bridgehead atoms. The van der Waals surface area contributed by atoms with Crippen molar-refractivity contribution in [3.63, 3.8) is 0 Å². The lowest BCUT2D eigenvalue weighted by Crippen LogP contribution is -1.96. The number of aryl methyl sites for hydroxylation is 1. The first-order valence-electron chi connectivity index (χ1n) is 6.35. The standard InChI is InChI=1S/C16H15Br3O/c1-3-20-12-6-4-11(5-7-12)16(19)13-9-14(17)10(2)8-15(13)18/h4-9,16H,3H2,1-2H3. The summed E-state index contributed by atoms with van der Waals surface area (Å²) in [6.07, 6.45) is 0. The normalized spacial score (nSPS) is 12.2. The van der Waals surface area contributed by atoms with Crippen LogP contribution < -0.4 is 4.74 Å². The second kappa shape index (κ2) is 7.10. The van der Waals surface area contributed by atoms with Gasteiger partial charge < -0.3 is 4.74 Å². The Morgan fingerprint density at radius 1 is 1.05 bits per heavy atom. The Morgan fingerprint density at radius 3 is 2.30 bits per heavy atom. The van der Waals surface area contributed by atoms with Gasteiger partial charge in [-0.2, -0.15) is 0 Å². The van der Waals surface area contributed by atoms with Crippen LogP contribution in [-0.4, -0.2) is 6.61 Å². The molecule has 2 rings (SSSR count). The predicted octanol–water partition coefficient (Wildman–Crippen LogP) is 6.40. The van der Waals surface area contributed by atoms with E-state index in [9.17, 15) is 0 Å². The Kier molecular flexibility index (Phi) is 5.70. The molecule has 0 aliphatic carbocycles. The number of alkyl halides is 1. The van der Waals surface area contributed by atoms with Gasteiger partial charge in [0, 0.05) is 8.95 Å².